The molecule has 1 aliphatic rings. The number of hydrogen-bond donors (Lipinski definition) is 0. The molecule has 0 amide bonds. The van der Waals surface area contributed by atoms with Crippen LogP contribution < -0.4 is 9.30 Å². The van der Waals surface area contributed by atoms with Crippen LogP contribution in [0.5, 0.6) is 11.5 Å². The molecular weight excluding hydrogens is 1040 g/mol. The van der Waals surface area contributed by atoms with E-state index in [-0.39, 0.29) is 110 Å². The Morgan fingerprint density at radius 2 is 1.19 bits per heavy atom. The summed E-state index contributed by atoms with van der Waals surface area (Å²) in [5, 5.41) is 1.83. The first-order valence-corrected chi connectivity index (χ1v) is 22.0. The van der Waals surface area contributed by atoms with Gasteiger partial charge in [-0.25, -0.2) is 4.98 Å². The number of nitrogens with zero attached hydrogens (tertiary/aromatic N) is 4. The Labute approximate surface area is 447 Å². The third-order valence-corrected chi connectivity index (χ3v) is 12.3. The molecule has 0 spiro atoms. The van der Waals surface area contributed by atoms with Gasteiger partial charge in [-0.05, 0) is 102 Å². The monoisotopic (exact) mass is 1100 g/mol. The van der Waals surface area contributed by atoms with Crippen LogP contribution in [0.2, 0.25) is 0 Å². The topological polar surface area (TPSA) is 35.9 Å². The first-order valence-electron chi connectivity index (χ1n) is 31.0. The van der Waals surface area contributed by atoms with Crippen LogP contribution in [0.25, 0.3) is 106 Å². The Bertz CT molecular complexity index is 5020. The molecule has 6 heteroatoms. The van der Waals surface area contributed by atoms with Gasteiger partial charge in [0.25, 0.3) is 6.33 Å². The molecule has 4 heterocycles. The van der Waals surface area contributed by atoms with Gasteiger partial charge in [0.15, 0.2) is 0 Å². The second-order valence-corrected chi connectivity index (χ2v) is 17.5. The number of imidazole rings is 1. The van der Waals surface area contributed by atoms with Crippen molar-refractivity contribution in [2.75, 3.05) is 0 Å². The maximum Gasteiger partial charge on any atom is 0.268 e. The van der Waals surface area contributed by atoms with Gasteiger partial charge in [0.2, 0.25) is 0 Å². The maximum atomic E-state index is 9.81. The average molecular weight is 1100 g/mol. The van der Waals surface area contributed by atoms with Crippen LogP contribution in [-0.2, 0) is 26.5 Å². The van der Waals surface area contributed by atoms with Crippen LogP contribution in [0.3, 0.4) is 0 Å². The number of aromatic nitrogens is 4. The van der Waals surface area contributed by atoms with Gasteiger partial charge in [0.05, 0.1) is 41.4 Å². The predicted molar refractivity (Wildman–Crippen MR) is 279 cm³/mol. The van der Waals surface area contributed by atoms with Crippen molar-refractivity contribution < 1.29 is 55.0 Å². The van der Waals surface area contributed by atoms with E-state index in [0.717, 1.165) is 21.9 Å². The first-order chi connectivity index (χ1) is 41.3. The van der Waals surface area contributed by atoms with E-state index in [9.17, 15) is 12.3 Å². The SMILES string of the molecule is [2H]c1c([2H])c([2H])c(-c2cc3c4c(c2)n(-c2[c-]c(Oc5[c-]c6c(cc5)c5ccccc5n6-c5cc(C(C)(C)C)ccn5)ccc2)[c-][n+]4-c2c(-c4c([2H])c([2H])c([2H])c([2H])c4[2H])cccc2-c2c([2H])c([2H])c([2H])c([2H])c2-c2c([2H])c([2H])c([2H])c([2H])c2-3)c([2H])c1[2H].[Pt]. The summed E-state index contributed by atoms with van der Waals surface area (Å²) in [4.78, 5) is 4.80. The number of benzene rings is 9. The molecule has 0 saturated heterocycles. The van der Waals surface area contributed by atoms with Crippen molar-refractivity contribution in [3.05, 3.63) is 236 Å². The quantitative estimate of drug-likeness (QED) is 0.123. The zero-order valence-electron chi connectivity index (χ0n) is 55.3. The number of pyridine rings is 1. The van der Waals surface area contributed by atoms with E-state index in [1.165, 1.54) is 39.5 Å². The van der Waals surface area contributed by atoms with Crippen molar-refractivity contribution >= 4 is 32.8 Å². The van der Waals surface area contributed by atoms with E-state index in [2.05, 4.69) is 39.2 Å². The predicted octanol–water partition coefficient (Wildman–Crippen LogP) is 15.5. The molecule has 1 aliphatic heterocycles. The van der Waals surface area contributed by atoms with Crippen molar-refractivity contribution in [3.63, 3.8) is 0 Å². The van der Waals surface area contributed by atoms with Crippen molar-refractivity contribution in [2.24, 2.45) is 0 Å². The number of fused-ring (bicyclic) bond motifs is 10. The molecule has 0 aliphatic carbocycles. The van der Waals surface area contributed by atoms with Gasteiger partial charge in [0.1, 0.15) is 5.82 Å². The van der Waals surface area contributed by atoms with Crippen molar-refractivity contribution in [1.82, 2.24) is 14.1 Å². The number of hydrogen-bond acceptors (Lipinski definition) is 2. The van der Waals surface area contributed by atoms with E-state index in [1.54, 1.807) is 30.5 Å². The molecule has 0 unspecified atom stereocenters. The van der Waals surface area contributed by atoms with E-state index in [4.69, 9.17) is 22.1 Å². The van der Waals surface area contributed by atoms with Crippen LogP contribution in [0.4, 0.5) is 0 Å². The van der Waals surface area contributed by atoms with Crippen LogP contribution >= 0.6 is 0 Å². The second kappa shape index (κ2) is 17.1. The molecule has 338 valence electrons. The third kappa shape index (κ3) is 7.20. The summed E-state index contributed by atoms with van der Waals surface area (Å²) < 4.78 is 176. The van der Waals surface area contributed by atoms with Crippen molar-refractivity contribution in [2.45, 2.75) is 26.2 Å². The number of ether oxygens (including phenoxy) is 1. The normalized spacial score (nSPS) is 15.4. The van der Waals surface area contributed by atoms with Crippen LogP contribution in [0.1, 0.15) is 51.0 Å². The third-order valence-electron chi connectivity index (χ3n) is 12.3. The second-order valence-electron chi connectivity index (χ2n) is 17.5. The van der Waals surface area contributed by atoms with E-state index in [1.807, 2.05) is 47.0 Å². The minimum atomic E-state index is -0.768. The molecule has 0 bridgehead atoms. The summed E-state index contributed by atoms with van der Waals surface area (Å²) in [5.74, 6) is 1.09. The summed E-state index contributed by atoms with van der Waals surface area (Å²) in [6.45, 7) is 6.37. The molecule has 0 fully saturated rings. The molecule has 9 aromatic carbocycles. The standard InChI is InChI=1S/C64H44N4O.Pt/c1-64(2,3)45-34-35-65-61(38-45)68-58-31-15-14-28-54(58)55-33-32-48(40-59(55)68)69-47-23-16-22-46(39-47)66-41-67-62-49(43-20-8-5-9-21-43)29-17-30-56(62)52-26-12-10-24-50(52)51-25-11-13-27-53(51)57-36-44(37-60(66)63(57)67)42-18-6-4-7-19-42;/h4-38H,1-3H3;/q-2;/i4D,5D,6D,7D,8D,9D,10D,11D,12D,13D,18D,19D,20D,21D,24D,25D,26D,27D;. The number of para-hydroxylation sites is 2. The van der Waals surface area contributed by atoms with Crippen LogP contribution in [0, 0.1) is 18.5 Å². The fourth-order valence-corrected chi connectivity index (χ4v) is 9.20. The van der Waals surface area contributed by atoms with Crippen molar-refractivity contribution in [1.29, 1.82) is 0 Å². The Hall–Kier alpha value is -8.11. The first kappa shape index (κ1) is 27.8. The Kier molecular flexibility index (Phi) is 6.80. The minimum absolute atomic E-state index is 0. The zero-order valence-corrected chi connectivity index (χ0v) is 39.6. The minimum Gasteiger partial charge on any atom is -0.510 e. The Balaban J connectivity index is 0.00000754. The van der Waals surface area contributed by atoms with Gasteiger partial charge < -0.3 is 13.9 Å². The summed E-state index contributed by atoms with van der Waals surface area (Å²) >= 11 is 0. The summed E-state index contributed by atoms with van der Waals surface area (Å²) in [6, 6.07) is 22.3. The van der Waals surface area contributed by atoms with Gasteiger partial charge in [0, 0.05) is 44.3 Å². The molecular formula is C64H44N4OPt-2. The zero-order chi connectivity index (χ0) is 61.9. The maximum absolute atomic E-state index is 9.81. The van der Waals surface area contributed by atoms with Crippen LogP contribution in [0.15, 0.2) is 212 Å². The summed E-state index contributed by atoms with van der Waals surface area (Å²) in [5.41, 5.74) is 0.269. The molecule has 0 atom stereocenters. The fourth-order valence-electron chi connectivity index (χ4n) is 9.20. The molecule has 0 saturated carbocycles. The molecule has 3 aromatic heterocycles. The largest absolute Gasteiger partial charge is 0.510 e. The smallest absolute Gasteiger partial charge is 0.268 e. The molecule has 12 aromatic rings. The van der Waals surface area contributed by atoms with E-state index in [0.29, 0.717) is 11.3 Å². The average Bonchev–Trinajstić information content (AvgIpc) is 1.47. The van der Waals surface area contributed by atoms with Gasteiger partial charge in [-0.1, -0.05) is 178 Å². The van der Waals surface area contributed by atoms with Gasteiger partial charge >= 0.3 is 0 Å². The fraction of sp³-hybridized carbons (Fsp3) is 0.0625. The van der Waals surface area contributed by atoms with Crippen molar-refractivity contribution in [3.8, 4) is 84.3 Å². The van der Waals surface area contributed by atoms with E-state index < -0.39 is 114 Å². The van der Waals surface area contributed by atoms with Crippen LogP contribution in [-0.4, -0.2) is 14.1 Å². The van der Waals surface area contributed by atoms with Gasteiger partial charge in [-0.15, -0.1) is 29.7 Å². The molecule has 70 heavy (non-hydrogen) atoms. The molecule has 13 rings (SSSR count). The van der Waals surface area contributed by atoms with Gasteiger partial charge in [-0.3, -0.25) is 4.57 Å². The Morgan fingerprint density at radius 3 is 1.93 bits per heavy atom. The Morgan fingerprint density at radius 1 is 0.543 bits per heavy atom. The molecule has 0 N–H and O–H groups in total. The molecule has 5 nitrogen and oxygen atoms in total. The van der Waals surface area contributed by atoms with E-state index >= 15 is 0 Å². The van der Waals surface area contributed by atoms with Gasteiger partial charge in [-0.2, -0.15) is 18.2 Å². The number of rotatable bonds is 6. The molecule has 0 radical (unpaired) electrons. The summed E-state index contributed by atoms with van der Waals surface area (Å²) in [7, 11) is 0. The summed E-state index contributed by atoms with van der Waals surface area (Å²) in [6.07, 6.45) is 5.15.